The zero-order valence-corrected chi connectivity index (χ0v) is 25.3. The maximum atomic E-state index is 11.8. The lowest BCUT2D eigenvalue weighted by atomic mass is 9.80. The van der Waals surface area contributed by atoms with E-state index in [0.29, 0.717) is 12.3 Å². The summed E-state index contributed by atoms with van der Waals surface area (Å²) in [5.41, 5.74) is 2.06. The molecular weight excluding hydrogens is 454 g/mol. The summed E-state index contributed by atoms with van der Waals surface area (Å²) in [5, 5.41) is 3.43. The molecule has 0 bridgehead atoms. The Kier molecular flexibility index (Phi) is 17.6. The molecule has 1 N–H and O–H groups in total. The first-order valence-electron chi connectivity index (χ1n) is 15.2. The number of carbonyl (C=O) groups is 1. The van der Waals surface area contributed by atoms with Gasteiger partial charge in [0.1, 0.15) is 6.29 Å². The van der Waals surface area contributed by atoms with Crippen molar-refractivity contribution in [1.29, 1.82) is 0 Å². The molecule has 0 aromatic heterocycles. The van der Waals surface area contributed by atoms with E-state index in [2.05, 4.69) is 65.6 Å². The highest BCUT2D eigenvalue weighted by atomic mass is 16.5. The van der Waals surface area contributed by atoms with Gasteiger partial charge >= 0.3 is 0 Å². The van der Waals surface area contributed by atoms with Crippen molar-refractivity contribution in [3.8, 4) is 0 Å². The largest absolute Gasteiger partial charge is 0.380 e. The van der Waals surface area contributed by atoms with Gasteiger partial charge in [-0.1, -0.05) is 123 Å². The number of carbonyl (C=O) groups excluding carboxylic acids is 1. The Balaban J connectivity index is 2.80. The number of unbranched alkanes of at least 4 members (excludes halogenated alkanes) is 1. The molecule has 37 heavy (non-hydrogen) atoms. The summed E-state index contributed by atoms with van der Waals surface area (Å²) >= 11 is 0. The van der Waals surface area contributed by atoms with E-state index in [1.54, 1.807) is 0 Å². The van der Waals surface area contributed by atoms with Gasteiger partial charge in [-0.3, -0.25) is 0 Å². The van der Waals surface area contributed by atoms with E-state index in [0.717, 1.165) is 35.3 Å². The molecule has 3 nitrogen and oxygen atoms in total. The first kappa shape index (κ1) is 33.4. The summed E-state index contributed by atoms with van der Waals surface area (Å²) in [6.07, 6.45) is 14.6. The average molecular weight is 514 g/mol. The highest BCUT2D eigenvalue weighted by molar-refractivity contribution is 5.59. The number of nitrogens with one attached hydrogen (secondary N) is 1. The van der Waals surface area contributed by atoms with E-state index in [1.807, 2.05) is 25.3 Å². The standard InChI is InChI=1S/C34H59NO2/c1-9-11-19-32(20-15-18-31(22-21-26(3)4)23-27(5)10-2)34(37-8)28(6)29(7)35-33(25-36)24-30-16-13-12-14-17-30/h12-14,16-17,25-28,31-35H,7,9-11,15,18-24H2,1-6,8H3/t27-,28-,31?,32+,33-,34+/m0/s1. The molecule has 0 heterocycles. The van der Waals surface area contributed by atoms with E-state index < -0.39 is 0 Å². The molecule has 0 fully saturated rings. The second-order valence-corrected chi connectivity index (χ2v) is 12.0. The quantitative estimate of drug-likeness (QED) is 0.157. The molecule has 0 aliphatic rings. The van der Waals surface area contributed by atoms with Gasteiger partial charge < -0.3 is 14.8 Å². The molecule has 3 heteroatoms. The lowest BCUT2D eigenvalue weighted by Crippen LogP contribution is -2.39. The molecule has 0 saturated heterocycles. The van der Waals surface area contributed by atoms with Crippen LogP contribution in [0.25, 0.3) is 0 Å². The molecule has 0 radical (unpaired) electrons. The third-order valence-electron chi connectivity index (χ3n) is 8.31. The molecule has 1 aromatic carbocycles. The summed E-state index contributed by atoms with van der Waals surface area (Å²) < 4.78 is 6.16. The number of hydrogen-bond donors (Lipinski definition) is 1. The van der Waals surface area contributed by atoms with Gasteiger partial charge in [0.25, 0.3) is 0 Å². The fraction of sp³-hybridized carbons (Fsp3) is 0.735. The monoisotopic (exact) mass is 513 g/mol. The Hall–Kier alpha value is -1.61. The Morgan fingerprint density at radius 3 is 2.22 bits per heavy atom. The third-order valence-corrected chi connectivity index (χ3v) is 8.31. The minimum atomic E-state index is -0.272. The van der Waals surface area contributed by atoms with Crippen LogP contribution in [0.4, 0.5) is 0 Å². The van der Waals surface area contributed by atoms with E-state index in [9.17, 15) is 4.79 Å². The summed E-state index contributed by atoms with van der Waals surface area (Å²) in [7, 11) is 1.85. The van der Waals surface area contributed by atoms with Crippen LogP contribution < -0.4 is 5.32 Å². The Morgan fingerprint density at radius 1 is 0.973 bits per heavy atom. The van der Waals surface area contributed by atoms with Crippen LogP contribution in [0.2, 0.25) is 0 Å². The van der Waals surface area contributed by atoms with Gasteiger partial charge in [-0.05, 0) is 54.9 Å². The summed E-state index contributed by atoms with van der Waals surface area (Å²) in [5.74, 6) is 3.09. The maximum absolute atomic E-state index is 11.8. The molecule has 0 aliphatic carbocycles. The van der Waals surface area contributed by atoms with Crippen molar-refractivity contribution >= 4 is 6.29 Å². The van der Waals surface area contributed by atoms with Gasteiger partial charge in [0.05, 0.1) is 12.1 Å². The van der Waals surface area contributed by atoms with Crippen molar-refractivity contribution in [2.75, 3.05) is 7.11 Å². The normalized spacial score (nSPS) is 16.5. The second kappa shape index (κ2) is 19.5. The van der Waals surface area contributed by atoms with Crippen LogP contribution >= 0.6 is 0 Å². The number of benzene rings is 1. The average Bonchev–Trinajstić information content (AvgIpc) is 2.89. The minimum Gasteiger partial charge on any atom is -0.380 e. The predicted molar refractivity (Wildman–Crippen MR) is 161 cm³/mol. The van der Waals surface area contributed by atoms with Crippen molar-refractivity contribution in [2.24, 2.45) is 29.6 Å². The van der Waals surface area contributed by atoms with Crippen LogP contribution in [0.1, 0.15) is 111 Å². The lowest BCUT2D eigenvalue weighted by molar-refractivity contribution is -0.109. The molecule has 0 spiro atoms. The van der Waals surface area contributed by atoms with Gasteiger partial charge in [-0.2, -0.15) is 0 Å². The first-order chi connectivity index (χ1) is 17.7. The smallest absolute Gasteiger partial charge is 0.142 e. The van der Waals surface area contributed by atoms with Gasteiger partial charge in [0, 0.05) is 18.7 Å². The minimum absolute atomic E-state index is 0.110. The Morgan fingerprint density at radius 2 is 1.65 bits per heavy atom. The van der Waals surface area contributed by atoms with Crippen molar-refractivity contribution in [3.63, 3.8) is 0 Å². The fourth-order valence-electron chi connectivity index (χ4n) is 5.67. The predicted octanol–water partition coefficient (Wildman–Crippen LogP) is 9.02. The summed E-state index contributed by atoms with van der Waals surface area (Å²) in [6.45, 7) is 18.3. The van der Waals surface area contributed by atoms with Crippen LogP contribution in [0, 0.1) is 29.6 Å². The van der Waals surface area contributed by atoms with E-state index in [4.69, 9.17) is 4.74 Å². The van der Waals surface area contributed by atoms with Gasteiger partial charge in [0.15, 0.2) is 0 Å². The molecule has 0 saturated carbocycles. The van der Waals surface area contributed by atoms with E-state index in [-0.39, 0.29) is 18.1 Å². The van der Waals surface area contributed by atoms with Crippen molar-refractivity contribution < 1.29 is 9.53 Å². The van der Waals surface area contributed by atoms with Crippen LogP contribution in [-0.4, -0.2) is 25.5 Å². The van der Waals surface area contributed by atoms with Gasteiger partial charge in [0.2, 0.25) is 0 Å². The zero-order chi connectivity index (χ0) is 27.6. The third kappa shape index (κ3) is 13.7. The van der Waals surface area contributed by atoms with E-state index in [1.165, 1.54) is 64.2 Å². The molecule has 1 rings (SSSR count). The maximum Gasteiger partial charge on any atom is 0.142 e. The number of rotatable bonds is 22. The van der Waals surface area contributed by atoms with Crippen molar-refractivity contribution in [3.05, 3.63) is 48.2 Å². The lowest BCUT2D eigenvalue weighted by Gasteiger charge is -2.33. The molecule has 212 valence electrons. The highest BCUT2D eigenvalue weighted by Crippen LogP contribution is 2.32. The SMILES string of the molecule is C=C(N[C@H](C=O)Cc1ccccc1)[C@H](C)[C@@H](OC)[C@H](CCCC)CCCC(CCC(C)C)C[C@@H](C)CC. The van der Waals surface area contributed by atoms with Crippen molar-refractivity contribution in [1.82, 2.24) is 5.32 Å². The van der Waals surface area contributed by atoms with Crippen LogP contribution in [0.5, 0.6) is 0 Å². The molecule has 0 aliphatic heterocycles. The topological polar surface area (TPSA) is 38.3 Å². The summed E-state index contributed by atoms with van der Waals surface area (Å²) in [4.78, 5) is 11.8. The fourth-order valence-corrected chi connectivity index (χ4v) is 5.67. The highest BCUT2D eigenvalue weighted by Gasteiger charge is 2.29. The van der Waals surface area contributed by atoms with Crippen LogP contribution in [0.3, 0.4) is 0 Å². The Bertz CT molecular complexity index is 716. The second-order valence-electron chi connectivity index (χ2n) is 12.0. The summed E-state index contributed by atoms with van der Waals surface area (Å²) in [6, 6.07) is 9.91. The number of ether oxygens (including phenoxy) is 1. The van der Waals surface area contributed by atoms with Crippen LogP contribution in [0.15, 0.2) is 42.6 Å². The van der Waals surface area contributed by atoms with Gasteiger partial charge in [-0.25, -0.2) is 0 Å². The number of hydrogen-bond acceptors (Lipinski definition) is 3. The van der Waals surface area contributed by atoms with Crippen molar-refractivity contribution in [2.45, 2.75) is 124 Å². The first-order valence-corrected chi connectivity index (χ1v) is 15.2. The number of methoxy groups -OCH3 is 1. The molecule has 0 amide bonds. The molecule has 6 atom stereocenters. The molecular formula is C34H59NO2. The number of aldehydes is 1. The van der Waals surface area contributed by atoms with E-state index >= 15 is 0 Å². The van der Waals surface area contributed by atoms with Crippen LogP contribution in [-0.2, 0) is 16.0 Å². The van der Waals surface area contributed by atoms with Gasteiger partial charge in [-0.15, -0.1) is 0 Å². The molecule has 1 aromatic rings. The Labute approximate surface area is 230 Å². The zero-order valence-electron chi connectivity index (χ0n) is 25.3. The molecule has 1 unspecified atom stereocenters.